The maximum atomic E-state index is 12.7. The van der Waals surface area contributed by atoms with Crippen molar-refractivity contribution in [3.63, 3.8) is 0 Å². The molecule has 8 heteroatoms. The Morgan fingerprint density at radius 2 is 1.68 bits per heavy atom. The third-order valence-electron chi connectivity index (χ3n) is 4.11. The third kappa shape index (κ3) is 8.03. The van der Waals surface area contributed by atoms with Crippen molar-refractivity contribution in [2.75, 3.05) is 26.2 Å². The molecule has 1 saturated heterocycles. The van der Waals surface area contributed by atoms with E-state index in [1.807, 2.05) is 0 Å². The minimum Gasteiger partial charge on any atom is -0.405 e. The molecule has 1 N–H and O–H groups in total. The molecular formula is C17H27Cl2F3N2O. The summed E-state index contributed by atoms with van der Waals surface area (Å²) in [5, 5.41) is 3.29. The maximum Gasteiger partial charge on any atom is 0.573 e. The van der Waals surface area contributed by atoms with Crippen LogP contribution in [0.15, 0.2) is 24.3 Å². The summed E-state index contributed by atoms with van der Waals surface area (Å²) < 4.78 is 42.4. The van der Waals surface area contributed by atoms with Crippen LogP contribution in [0.4, 0.5) is 13.2 Å². The summed E-state index contributed by atoms with van der Waals surface area (Å²) in [6.07, 6.45) is -2.87. The van der Waals surface area contributed by atoms with Gasteiger partial charge >= 0.3 is 6.36 Å². The summed E-state index contributed by atoms with van der Waals surface area (Å²) in [6, 6.07) is 6.49. The second-order valence-electron chi connectivity index (χ2n) is 6.36. The number of benzene rings is 1. The van der Waals surface area contributed by atoms with Crippen LogP contribution in [0.2, 0.25) is 0 Å². The highest BCUT2D eigenvalue weighted by molar-refractivity contribution is 5.85. The van der Waals surface area contributed by atoms with E-state index in [1.165, 1.54) is 6.07 Å². The standard InChI is InChI=1S/C17H25F3N2O.2ClH/c1-13(2)7-8-15(22-11-9-21-10-12-22)14-5-3-4-6-16(14)23-17(18,19)20;;/h3-6,13,15,21H,7-12H2,1-2H3;2*1H/t15-;;/m1../s1. The van der Waals surface area contributed by atoms with Crippen LogP contribution in [-0.4, -0.2) is 37.4 Å². The van der Waals surface area contributed by atoms with E-state index < -0.39 is 6.36 Å². The van der Waals surface area contributed by atoms with Crippen molar-refractivity contribution in [2.24, 2.45) is 5.92 Å². The van der Waals surface area contributed by atoms with Gasteiger partial charge in [-0.15, -0.1) is 38.0 Å². The van der Waals surface area contributed by atoms with E-state index in [0.717, 1.165) is 39.0 Å². The number of halogens is 5. The number of piperazine rings is 1. The Hall–Kier alpha value is -0.690. The summed E-state index contributed by atoms with van der Waals surface area (Å²) in [4.78, 5) is 2.26. The van der Waals surface area contributed by atoms with Gasteiger partial charge < -0.3 is 10.1 Å². The lowest BCUT2D eigenvalue weighted by Crippen LogP contribution is -2.45. The molecule has 1 heterocycles. The molecule has 0 aromatic heterocycles. The molecule has 2 rings (SSSR count). The van der Waals surface area contributed by atoms with Crippen molar-refractivity contribution >= 4 is 24.8 Å². The molecule has 1 aliphatic rings. The number of ether oxygens (including phenoxy) is 1. The Morgan fingerprint density at radius 3 is 2.24 bits per heavy atom. The van der Waals surface area contributed by atoms with Crippen molar-refractivity contribution in [2.45, 2.75) is 39.1 Å². The molecular weight excluding hydrogens is 376 g/mol. The van der Waals surface area contributed by atoms with Gasteiger partial charge in [0.25, 0.3) is 0 Å². The highest BCUT2D eigenvalue weighted by Crippen LogP contribution is 2.36. The van der Waals surface area contributed by atoms with Crippen LogP contribution in [0.1, 0.15) is 38.3 Å². The fourth-order valence-electron chi connectivity index (χ4n) is 2.99. The average molecular weight is 403 g/mol. The Morgan fingerprint density at radius 1 is 1.08 bits per heavy atom. The molecule has 0 amide bonds. The molecule has 0 spiro atoms. The van der Waals surface area contributed by atoms with Gasteiger partial charge in [0.15, 0.2) is 0 Å². The van der Waals surface area contributed by atoms with Crippen LogP contribution in [-0.2, 0) is 0 Å². The largest absolute Gasteiger partial charge is 0.573 e. The highest BCUT2D eigenvalue weighted by Gasteiger charge is 2.34. The number of alkyl halides is 3. The lowest BCUT2D eigenvalue weighted by molar-refractivity contribution is -0.275. The van der Waals surface area contributed by atoms with Crippen molar-refractivity contribution in [3.05, 3.63) is 29.8 Å². The number of hydrogen-bond donors (Lipinski definition) is 1. The van der Waals surface area contributed by atoms with Gasteiger partial charge in [0, 0.05) is 37.8 Å². The SMILES string of the molecule is CC(C)CC[C@H](c1ccccc1OC(F)(F)F)N1CCNCC1.Cl.Cl. The number of hydrogen-bond acceptors (Lipinski definition) is 3. The van der Waals surface area contributed by atoms with Gasteiger partial charge in [0.1, 0.15) is 5.75 Å². The summed E-state index contributed by atoms with van der Waals surface area (Å²) in [7, 11) is 0. The summed E-state index contributed by atoms with van der Waals surface area (Å²) in [5.41, 5.74) is 0.632. The van der Waals surface area contributed by atoms with Crippen LogP contribution in [0.5, 0.6) is 5.75 Å². The smallest absolute Gasteiger partial charge is 0.405 e. The second-order valence-corrected chi connectivity index (χ2v) is 6.36. The fraction of sp³-hybridized carbons (Fsp3) is 0.647. The molecule has 0 radical (unpaired) electrons. The first-order chi connectivity index (χ1) is 10.9. The minimum atomic E-state index is -4.66. The van der Waals surface area contributed by atoms with Crippen LogP contribution >= 0.6 is 24.8 Å². The number of nitrogens with zero attached hydrogens (tertiary/aromatic N) is 1. The Balaban J connectivity index is 0.00000288. The zero-order valence-electron chi connectivity index (χ0n) is 14.5. The van der Waals surface area contributed by atoms with Gasteiger partial charge in [-0.3, -0.25) is 4.90 Å². The highest BCUT2D eigenvalue weighted by atomic mass is 35.5. The molecule has 1 fully saturated rings. The summed E-state index contributed by atoms with van der Waals surface area (Å²) >= 11 is 0. The van der Waals surface area contributed by atoms with Gasteiger partial charge in [-0.1, -0.05) is 32.0 Å². The molecule has 0 bridgehead atoms. The van der Waals surface area contributed by atoms with Crippen molar-refractivity contribution in [3.8, 4) is 5.75 Å². The van der Waals surface area contributed by atoms with E-state index in [2.05, 4.69) is 28.8 Å². The summed E-state index contributed by atoms with van der Waals surface area (Å²) in [5.74, 6) is 0.434. The second kappa shape index (κ2) is 11.1. The molecule has 0 aliphatic carbocycles. The van der Waals surface area contributed by atoms with Crippen LogP contribution < -0.4 is 10.1 Å². The van der Waals surface area contributed by atoms with Crippen LogP contribution in [0.3, 0.4) is 0 Å². The van der Waals surface area contributed by atoms with E-state index in [-0.39, 0.29) is 36.6 Å². The Labute approximate surface area is 160 Å². The summed E-state index contributed by atoms with van der Waals surface area (Å²) in [6.45, 7) is 7.66. The quantitative estimate of drug-likeness (QED) is 0.738. The van der Waals surface area contributed by atoms with Gasteiger partial charge in [0.2, 0.25) is 0 Å². The Kier molecular flexibility index (Phi) is 10.8. The van der Waals surface area contributed by atoms with Gasteiger partial charge in [-0.05, 0) is 24.8 Å². The molecule has 3 nitrogen and oxygen atoms in total. The first-order valence-corrected chi connectivity index (χ1v) is 8.16. The number of rotatable bonds is 6. The van der Waals surface area contributed by atoms with E-state index in [9.17, 15) is 13.2 Å². The van der Waals surface area contributed by atoms with Gasteiger partial charge in [-0.25, -0.2) is 0 Å². The molecule has 1 aromatic carbocycles. The maximum absolute atomic E-state index is 12.7. The molecule has 1 aliphatic heterocycles. The molecule has 0 saturated carbocycles. The molecule has 146 valence electrons. The molecule has 1 aromatic rings. The first-order valence-electron chi connectivity index (χ1n) is 8.16. The number of nitrogens with one attached hydrogen (secondary N) is 1. The predicted molar refractivity (Wildman–Crippen MR) is 98.9 cm³/mol. The van der Waals surface area contributed by atoms with Crippen molar-refractivity contribution in [1.29, 1.82) is 0 Å². The first kappa shape index (κ1) is 24.3. The lowest BCUT2D eigenvalue weighted by atomic mass is 9.95. The fourth-order valence-corrected chi connectivity index (χ4v) is 2.99. The third-order valence-corrected chi connectivity index (χ3v) is 4.11. The van der Waals surface area contributed by atoms with Crippen molar-refractivity contribution < 1.29 is 17.9 Å². The predicted octanol–water partition coefficient (Wildman–Crippen LogP) is 4.81. The molecule has 1 atom stereocenters. The van der Waals surface area contributed by atoms with E-state index >= 15 is 0 Å². The molecule has 25 heavy (non-hydrogen) atoms. The van der Waals surface area contributed by atoms with Crippen molar-refractivity contribution in [1.82, 2.24) is 10.2 Å². The zero-order chi connectivity index (χ0) is 16.9. The lowest BCUT2D eigenvalue weighted by Gasteiger charge is -2.36. The van der Waals surface area contributed by atoms with E-state index in [0.29, 0.717) is 11.5 Å². The average Bonchev–Trinajstić information content (AvgIpc) is 2.48. The molecule has 0 unspecified atom stereocenters. The van der Waals surface area contributed by atoms with E-state index in [1.54, 1.807) is 18.2 Å². The minimum absolute atomic E-state index is 0. The number of para-hydroxylation sites is 1. The zero-order valence-corrected chi connectivity index (χ0v) is 16.1. The Bertz CT molecular complexity index is 495. The van der Waals surface area contributed by atoms with Gasteiger partial charge in [0.05, 0.1) is 0 Å². The normalized spacial score (nSPS) is 16.7. The monoisotopic (exact) mass is 402 g/mol. The van der Waals surface area contributed by atoms with Crippen LogP contribution in [0, 0.1) is 5.92 Å². The van der Waals surface area contributed by atoms with E-state index in [4.69, 9.17) is 0 Å². The topological polar surface area (TPSA) is 24.5 Å². The van der Waals surface area contributed by atoms with Crippen LogP contribution in [0.25, 0.3) is 0 Å². The van der Waals surface area contributed by atoms with Gasteiger partial charge in [-0.2, -0.15) is 0 Å².